The Hall–Kier alpha value is -2.95. The van der Waals surface area contributed by atoms with Crippen LogP contribution in [0.4, 0.5) is 0 Å². The zero-order valence-corrected chi connectivity index (χ0v) is 12.5. The maximum atomic E-state index is 12.7. The van der Waals surface area contributed by atoms with E-state index in [-0.39, 0.29) is 28.4 Å². The normalized spacial score (nSPS) is 16.5. The van der Waals surface area contributed by atoms with Gasteiger partial charge in [0.2, 0.25) is 5.43 Å². The number of hydrogen-bond acceptors (Lipinski definition) is 4. The van der Waals surface area contributed by atoms with Crippen molar-refractivity contribution in [3.8, 4) is 17.2 Å². The summed E-state index contributed by atoms with van der Waals surface area (Å²) in [6.45, 7) is 5.78. The second kappa shape index (κ2) is 4.52. The lowest BCUT2D eigenvalue weighted by molar-refractivity contribution is 0.270. The van der Waals surface area contributed by atoms with Crippen LogP contribution in [0, 0.1) is 0 Å². The number of para-hydroxylation sites is 1. The van der Waals surface area contributed by atoms with Crippen LogP contribution >= 0.6 is 0 Å². The highest BCUT2D eigenvalue weighted by atomic mass is 16.5. The number of aromatic amines is 1. The lowest BCUT2D eigenvalue weighted by atomic mass is 10.0. The van der Waals surface area contributed by atoms with E-state index < -0.39 is 0 Å². The van der Waals surface area contributed by atoms with E-state index in [1.54, 1.807) is 12.1 Å². The molecule has 5 nitrogen and oxygen atoms in total. The van der Waals surface area contributed by atoms with E-state index in [0.717, 1.165) is 11.1 Å². The maximum absolute atomic E-state index is 12.7. The number of phenols is 2. The Morgan fingerprint density at radius 3 is 2.83 bits per heavy atom. The molecule has 0 saturated carbocycles. The molecule has 1 unspecified atom stereocenters. The van der Waals surface area contributed by atoms with E-state index in [9.17, 15) is 15.0 Å². The molecule has 0 saturated heterocycles. The number of nitrogens with one attached hydrogen (secondary N) is 1. The third-order valence-corrected chi connectivity index (χ3v) is 4.35. The fraction of sp³-hybridized carbons (Fsp3) is 0.167. The van der Waals surface area contributed by atoms with Crippen molar-refractivity contribution in [3.05, 3.63) is 52.2 Å². The number of ether oxygens (including phenoxy) is 1. The minimum Gasteiger partial charge on any atom is -0.507 e. The highest BCUT2D eigenvalue weighted by Gasteiger charge is 2.28. The summed E-state index contributed by atoms with van der Waals surface area (Å²) in [4.78, 5) is 15.8. The topological polar surface area (TPSA) is 82.5 Å². The van der Waals surface area contributed by atoms with Crippen molar-refractivity contribution in [2.24, 2.45) is 0 Å². The van der Waals surface area contributed by atoms with Crippen LogP contribution in [0.25, 0.3) is 21.8 Å². The Balaban J connectivity index is 2.14. The summed E-state index contributed by atoms with van der Waals surface area (Å²) in [5.41, 5.74) is 2.23. The molecule has 5 heteroatoms. The van der Waals surface area contributed by atoms with Gasteiger partial charge in [-0.15, -0.1) is 0 Å². The molecule has 2 aromatic carbocycles. The van der Waals surface area contributed by atoms with E-state index in [2.05, 4.69) is 11.6 Å². The molecular formula is C18H15NO4. The van der Waals surface area contributed by atoms with Gasteiger partial charge in [-0.1, -0.05) is 12.6 Å². The summed E-state index contributed by atoms with van der Waals surface area (Å²) in [6.07, 6.45) is 0.384. The van der Waals surface area contributed by atoms with Crippen LogP contribution in [0.1, 0.15) is 12.5 Å². The number of rotatable bonds is 1. The van der Waals surface area contributed by atoms with E-state index in [0.29, 0.717) is 28.6 Å². The average molecular weight is 309 g/mol. The molecular weight excluding hydrogens is 294 g/mol. The van der Waals surface area contributed by atoms with Crippen LogP contribution in [0.5, 0.6) is 17.2 Å². The predicted molar refractivity (Wildman–Crippen MR) is 88.3 cm³/mol. The molecule has 0 aliphatic carbocycles. The smallest absolute Gasteiger partial charge is 0.201 e. The standard InChI is InChI=1S/C18H15NO4/c1-8(2)13-6-10-14(23-13)7-12(21)15-17(10)19-16-9(18(15)22)4-3-5-11(16)20/h3-5,7,13,20-21H,1,6H2,2H3,(H,19,22). The van der Waals surface area contributed by atoms with Gasteiger partial charge in [-0.05, 0) is 24.6 Å². The van der Waals surface area contributed by atoms with Crippen molar-refractivity contribution in [1.82, 2.24) is 4.98 Å². The van der Waals surface area contributed by atoms with Crippen molar-refractivity contribution >= 4 is 21.8 Å². The summed E-state index contributed by atoms with van der Waals surface area (Å²) in [5, 5.41) is 20.9. The molecule has 0 radical (unpaired) electrons. The van der Waals surface area contributed by atoms with Gasteiger partial charge in [0.15, 0.2) is 0 Å². The monoisotopic (exact) mass is 309 g/mol. The van der Waals surface area contributed by atoms with Gasteiger partial charge in [-0.3, -0.25) is 4.79 Å². The third-order valence-electron chi connectivity index (χ3n) is 4.35. The average Bonchev–Trinajstić information content (AvgIpc) is 2.92. The number of hydrogen-bond donors (Lipinski definition) is 3. The van der Waals surface area contributed by atoms with Crippen LogP contribution in [0.2, 0.25) is 0 Å². The number of phenolic OH excluding ortho intramolecular Hbond substituents is 2. The van der Waals surface area contributed by atoms with Crippen LogP contribution in [0.3, 0.4) is 0 Å². The highest BCUT2D eigenvalue weighted by molar-refractivity contribution is 6.00. The van der Waals surface area contributed by atoms with E-state index >= 15 is 0 Å². The molecule has 1 atom stereocenters. The molecule has 4 rings (SSSR count). The number of pyridine rings is 1. The largest absolute Gasteiger partial charge is 0.507 e. The summed E-state index contributed by atoms with van der Waals surface area (Å²) in [5.74, 6) is 0.398. The van der Waals surface area contributed by atoms with Gasteiger partial charge in [-0.25, -0.2) is 0 Å². The predicted octanol–water partition coefficient (Wildman–Crippen LogP) is 2.97. The lowest BCUT2D eigenvalue weighted by Gasteiger charge is -2.09. The zero-order chi connectivity index (χ0) is 16.3. The molecule has 1 aliphatic heterocycles. The van der Waals surface area contributed by atoms with Crippen molar-refractivity contribution < 1.29 is 14.9 Å². The first-order valence-electron chi connectivity index (χ1n) is 7.32. The lowest BCUT2D eigenvalue weighted by Crippen LogP contribution is -2.13. The molecule has 0 fully saturated rings. The Morgan fingerprint density at radius 1 is 1.30 bits per heavy atom. The van der Waals surface area contributed by atoms with Crippen molar-refractivity contribution in [2.45, 2.75) is 19.4 Å². The number of benzene rings is 2. The van der Waals surface area contributed by atoms with Crippen LogP contribution < -0.4 is 10.2 Å². The minimum absolute atomic E-state index is 0.00559. The van der Waals surface area contributed by atoms with Gasteiger partial charge >= 0.3 is 0 Å². The molecule has 0 spiro atoms. The summed E-state index contributed by atoms with van der Waals surface area (Å²) >= 11 is 0. The first-order valence-corrected chi connectivity index (χ1v) is 7.32. The van der Waals surface area contributed by atoms with Crippen molar-refractivity contribution in [1.29, 1.82) is 0 Å². The maximum Gasteiger partial charge on any atom is 0.201 e. The van der Waals surface area contributed by atoms with E-state index in [1.807, 2.05) is 6.92 Å². The van der Waals surface area contributed by atoms with Crippen LogP contribution in [-0.4, -0.2) is 21.3 Å². The summed E-state index contributed by atoms with van der Waals surface area (Å²) < 4.78 is 5.80. The summed E-state index contributed by atoms with van der Waals surface area (Å²) in [6, 6.07) is 6.21. The van der Waals surface area contributed by atoms with Crippen LogP contribution in [0.15, 0.2) is 41.2 Å². The number of aromatic nitrogens is 1. The van der Waals surface area contributed by atoms with Gasteiger partial charge in [0.25, 0.3) is 0 Å². The molecule has 1 aromatic heterocycles. The van der Waals surface area contributed by atoms with Crippen molar-refractivity contribution in [2.75, 3.05) is 0 Å². The Labute approximate surface area is 131 Å². The van der Waals surface area contributed by atoms with E-state index in [4.69, 9.17) is 4.74 Å². The molecule has 3 aromatic rings. The molecule has 2 heterocycles. The first-order chi connectivity index (χ1) is 11.0. The molecule has 3 N–H and O–H groups in total. The van der Waals surface area contributed by atoms with Gasteiger partial charge in [0.05, 0.1) is 21.8 Å². The quantitative estimate of drug-likeness (QED) is 0.477. The molecule has 1 aliphatic rings. The molecule has 23 heavy (non-hydrogen) atoms. The fourth-order valence-electron chi connectivity index (χ4n) is 3.14. The molecule has 0 amide bonds. The Morgan fingerprint density at radius 2 is 2.09 bits per heavy atom. The second-order valence-electron chi connectivity index (χ2n) is 5.93. The van der Waals surface area contributed by atoms with E-state index in [1.165, 1.54) is 12.1 Å². The minimum atomic E-state index is -0.316. The van der Waals surface area contributed by atoms with Crippen LogP contribution in [-0.2, 0) is 6.42 Å². The number of fused-ring (bicyclic) bond motifs is 4. The molecule has 116 valence electrons. The van der Waals surface area contributed by atoms with Gasteiger partial charge < -0.3 is 19.9 Å². The fourth-order valence-corrected chi connectivity index (χ4v) is 3.14. The second-order valence-corrected chi connectivity index (χ2v) is 5.93. The molecule has 0 bridgehead atoms. The zero-order valence-electron chi connectivity index (χ0n) is 12.5. The highest BCUT2D eigenvalue weighted by Crippen LogP contribution is 2.40. The van der Waals surface area contributed by atoms with Gasteiger partial charge in [0, 0.05) is 18.1 Å². The third kappa shape index (κ3) is 1.83. The summed E-state index contributed by atoms with van der Waals surface area (Å²) in [7, 11) is 0. The SMILES string of the molecule is C=C(C)C1Cc2c(cc(O)c3c(=O)c4cccc(O)c4[nH]c23)O1. The van der Waals surface area contributed by atoms with Gasteiger partial charge in [-0.2, -0.15) is 0 Å². The Bertz CT molecular complexity index is 1050. The number of aromatic hydroxyl groups is 2. The Kier molecular flexibility index (Phi) is 2.69. The van der Waals surface area contributed by atoms with Crippen molar-refractivity contribution in [3.63, 3.8) is 0 Å². The first kappa shape index (κ1) is 13.7. The number of H-pyrrole nitrogens is 1. The van der Waals surface area contributed by atoms with Gasteiger partial charge in [0.1, 0.15) is 23.4 Å².